The summed E-state index contributed by atoms with van der Waals surface area (Å²) in [5, 5.41) is 8.92. The molecular weight excluding hydrogens is 217 g/mol. The van der Waals surface area contributed by atoms with Crippen molar-refractivity contribution in [3.63, 3.8) is 0 Å². The Kier molecular flexibility index (Phi) is 2.89. The second kappa shape index (κ2) is 3.81. The predicted octanol–water partition coefficient (Wildman–Crippen LogP) is 0.438. The Morgan fingerprint density at radius 3 is 2.60 bits per heavy atom. The van der Waals surface area contributed by atoms with E-state index in [1.807, 2.05) is 0 Å². The van der Waals surface area contributed by atoms with Crippen molar-refractivity contribution in [1.29, 1.82) is 0 Å². The van der Waals surface area contributed by atoms with Crippen LogP contribution in [0.25, 0.3) is 0 Å². The molecule has 0 saturated carbocycles. The number of H-pyrrole nitrogens is 1. The maximum Gasteiger partial charge on any atom is 0.574 e. The van der Waals surface area contributed by atoms with Gasteiger partial charge in [0.2, 0.25) is 5.88 Å². The molecule has 0 aliphatic rings. The molecule has 0 aliphatic heterocycles. The van der Waals surface area contributed by atoms with Gasteiger partial charge in [-0.25, -0.2) is 0 Å². The van der Waals surface area contributed by atoms with Crippen LogP contribution in [0.5, 0.6) is 11.6 Å². The number of ether oxygens (including phenoxy) is 1. The number of alkyl halides is 3. The lowest BCUT2D eigenvalue weighted by Gasteiger charge is -2.11. The van der Waals surface area contributed by atoms with Gasteiger partial charge in [-0.1, -0.05) is 0 Å². The number of aromatic nitrogens is 1. The Morgan fingerprint density at radius 2 is 2.13 bits per heavy atom. The Bertz CT molecular complexity index is 413. The third-order valence-corrected chi connectivity index (χ3v) is 1.50. The van der Waals surface area contributed by atoms with Gasteiger partial charge in [0.15, 0.2) is 5.75 Å². The van der Waals surface area contributed by atoms with E-state index in [9.17, 15) is 18.0 Å². The van der Waals surface area contributed by atoms with Crippen molar-refractivity contribution in [3.05, 3.63) is 22.0 Å². The Balaban J connectivity index is 3.17. The molecule has 0 aliphatic carbocycles. The maximum atomic E-state index is 11.8. The fourth-order valence-corrected chi connectivity index (χ4v) is 0.902. The number of pyridine rings is 1. The highest BCUT2D eigenvalue weighted by molar-refractivity contribution is 5.32. The lowest BCUT2D eigenvalue weighted by Crippen LogP contribution is -2.22. The minimum atomic E-state index is -4.93. The summed E-state index contributed by atoms with van der Waals surface area (Å²) in [6, 6.07) is 0.819. The van der Waals surface area contributed by atoms with E-state index < -0.39 is 23.6 Å². The molecule has 0 aromatic carbocycles. The van der Waals surface area contributed by atoms with Gasteiger partial charge in [-0.05, 0) is 6.07 Å². The van der Waals surface area contributed by atoms with Crippen molar-refractivity contribution in [3.8, 4) is 11.6 Å². The number of rotatable bonds is 2. The minimum absolute atomic E-state index is 0.149. The van der Waals surface area contributed by atoms with Crippen LogP contribution in [0.1, 0.15) is 5.56 Å². The van der Waals surface area contributed by atoms with Crippen LogP contribution in [-0.4, -0.2) is 16.5 Å². The van der Waals surface area contributed by atoms with Gasteiger partial charge in [-0.15, -0.1) is 13.2 Å². The SMILES string of the molecule is NCc1cc(O)c(=O)[nH]c1OC(F)(F)F. The molecule has 0 bridgehead atoms. The number of aromatic hydroxyl groups is 1. The zero-order valence-corrected chi connectivity index (χ0v) is 7.26. The van der Waals surface area contributed by atoms with Crippen molar-refractivity contribution in [2.75, 3.05) is 0 Å². The summed E-state index contributed by atoms with van der Waals surface area (Å²) in [4.78, 5) is 12.5. The van der Waals surface area contributed by atoms with E-state index in [4.69, 9.17) is 10.8 Å². The van der Waals surface area contributed by atoms with Crippen LogP contribution in [0.2, 0.25) is 0 Å². The highest BCUT2D eigenvalue weighted by Crippen LogP contribution is 2.24. The van der Waals surface area contributed by atoms with E-state index in [2.05, 4.69) is 4.74 Å². The number of halogens is 3. The molecule has 0 saturated heterocycles. The molecule has 1 rings (SSSR count). The summed E-state index contributed by atoms with van der Waals surface area (Å²) in [6.07, 6.45) is -4.93. The zero-order chi connectivity index (χ0) is 11.6. The zero-order valence-electron chi connectivity index (χ0n) is 7.26. The highest BCUT2D eigenvalue weighted by atomic mass is 19.4. The Morgan fingerprint density at radius 1 is 1.53 bits per heavy atom. The minimum Gasteiger partial charge on any atom is -0.503 e. The summed E-state index contributed by atoms with van der Waals surface area (Å²) < 4.78 is 39.0. The van der Waals surface area contributed by atoms with Gasteiger partial charge in [0, 0.05) is 12.1 Å². The van der Waals surface area contributed by atoms with E-state index in [0.29, 0.717) is 0 Å². The van der Waals surface area contributed by atoms with Crippen LogP contribution < -0.4 is 16.0 Å². The van der Waals surface area contributed by atoms with Gasteiger partial charge >= 0.3 is 6.36 Å². The molecule has 0 atom stereocenters. The number of hydrogen-bond donors (Lipinski definition) is 3. The van der Waals surface area contributed by atoms with Crippen LogP contribution in [-0.2, 0) is 6.54 Å². The number of nitrogens with two attached hydrogens (primary N) is 1. The van der Waals surface area contributed by atoms with E-state index in [1.165, 1.54) is 0 Å². The molecule has 0 unspecified atom stereocenters. The van der Waals surface area contributed by atoms with Crippen molar-refractivity contribution in [2.45, 2.75) is 12.9 Å². The molecule has 0 amide bonds. The fraction of sp³-hybridized carbons (Fsp3) is 0.286. The lowest BCUT2D eigenvalue weighted by molar-refractivity contribution is -0.276. The Labute approximate surface area is 81.3 Å². The standard InChI is InChI=1S/C7H7F3N2O3/c8-7(9,10)15-6-3(2-11)1-4(13)5(14)12-6/h1,13H,2,11H2,(H,12,14). The summed E-state index contributed by atoms with van der Waals surface area (Å²) in [6.45, 7) is -0.310. The molecule has 4 N–H and O–H groups in total. The van der Waals surface area contributed by atoms with Crippen LogP contribution in [0, 0.1) is 0 Å². The normalized spacial score (nSPS) is 11.5. The first-order valence-electron chi connectivity index (χ1n) is 3.74. The molecular formula is C7H7F3N2O3. The van der Waals surface area contributed by atoms with Gasteiger partial charge in [-0.2, -0.15) is 0 Å². The summed E-state index contributed by atoms with van der Waals surface area (Å²) in [5.41, 5.74) is 3.88. The van der Waals surface area contributed by atoms with Crippen LogP contribution in [0.3, 0.4) is 0 Å². The monoisotopic (exact) mass is 224 g/mol. The van der Waals surface area contributed by atoms with Gasteiger partial charge < -0.3 is 15.6 Å². The molecule has 1 heterocycles. The molecule has 15 heavy (non-hydrogen) atoms. The average Bonchev–Trinajstić information content (AvgIpc) is 2.08. The third-order valence-electron chi connectivity index (χ3n) is 1.50. The van der Waals surface area contributed by atoms with Crippen LogP contribution in [0.4, 0.5) is 13.2 Å². The Hall–Kier alpha value is -1.70. The summed E-state index contributed by atoms with van der Waals surface area (Å²) >= 11 is 0. The quantitative estimate of drug-likeness (QED) is 0.680. The maximum absolute atomic E-state index is 11.8. The van der Waals surface area contributed by atoms with Crippen molar-refractivity contribution in [1.82, 2.24) is 4.98 Å². The molecule has 0 spiro atoms. The van der Waals surface area contributed by atoms with E-state index in [-0.39, 0.29) is 12.1 Å². The van der Waals surface area contributed by atoms with E-state index >= 15 is 0 Å². The predicted molar refractivity (Wildman–Crippen MR) is 43.3 cm³/mol. The smallest absolute Gasteiger partial charge is 0.503 e. The first kappa shape index (κ1) is 11.4. The number of hydrogen-bond acceptors (Lipinski definition) is 4. The average molecular weight is 224 g/mol. The third kappa shape index (κ3) is 2.88. The second-order valence-electron chi connectivity index (χ2n) is 2.59. The second-order valence-corrected chi connectivity index (χ2v) is 2.59. The van der Waals surface area contributed by atoms with Crippen molar-refractivity contribution in [2.24, 2.45) is 5.73 Å². The van der Waals surface area contributed by atoms with Crippen molar-refractivity contribution < 1.29 is 23.0 Å². The number of aromatic amines is 1. The van der Waals surface area contributed by atoms with Crippen LogP contribution in [0.15, 0.2) is 10.9 Å². The number of nitrogens with one attached hydrogen (secondary N) is 1. The van der Waals surface area contributed by atoms with Gasteiger partial charge in [0.1, 0.15) is 0 Å². The van der Waals surface area contributed by atoms with Gasteiger partial charge in [0.05, 0.1) is 0 Å². The molecule has 8 heteroatoms. The first-order valence-corrected chi connectivity index (χ1v) is 3.74. The first-order chi connectivity index (χ1) is 6.83. The largest absolute Gasteiger partial charge is 0.574 e. The van der Waals surface area contributed by atoms with Crippen molar-refractivity contribution >= 4 is 0 Å². The molecule has 84 valence electrons. The van der Waals surface area contributed by atoms with Gasteiger partial charge in [0.25, 0.3) is 5.56 Å². The van der Waals surface area contributed by atoms with Gasteiger partial charge in [-0.3, -0.25) is 9.78 Å². The fourth-order valence-electron chi connectivity index (χ4n) is 0.902. The highest BCUT2D eigenvalue weighted by Gasteiger charge is 2.32. The molecule has 1 aromatic rings. The molecule has 0 fully saturated rings. The van der Waals surface area contributed by atoms with E-state index in [1.54, 1.807) is 4.98 Å². The topological polar surface area (TPSA) is 88.3 Å². The molecule has 5 nitrogen and oxygen atoms in total. The van der Waals surface area contributed by atoms with E-state index in [0.717, 1.165) is 6.07 Å². The summed E-state index contributed by atoms with van der Waals surface area (Å²) in [7, 11) is 0. The molecule has 0 radical (unpaired) electrons. The van der Waals surface area contributed by atoms with Crippen LogP contribution >= 0.6 is 0 Å². The molecule has 1 aromatic heterocycles. The lowest BCUT2D eigenvalue weighted by atomic mass is 10.2. The summed E-state index contributed by atoms with van der Waals surface area (Å²) in [5.74, 6) is -1.53.